The maximum Gasteiger partial charge on any atom is 0.328 e. The first-order valence-electron chi connectivity index (χ1n) is 9.65. The summed E-state index contributed by atoms with van der Waals surface area (Å²) in [5.41, 5.74) is 0.579. The fourth-order valence-corrected chi connectivity index (χ4v) is 3.55. The van der Waals surface area contributed by atoms with Crippen LogP contribution in [0.1, 0.15) is 35.8 Å². The lowest BCUT2D eigenvalue weighted by molar-refractivity contribution is -0.144. The number of carbonyl (C=O) groups excluding carboxylic acids is 3. The second kappa shape index (κ2) is 9.71. The minimum atomic E-state index is -1.67. The van der Waals surface area contributed by atoms with Crippen LogP contribution in [0.25, 0.3) is 0 Å². The average Bonchev–Trinajstić information content (AvgIpc) is 3.28. The Morgan fingerprint density at radius 3 is 2.66 bits per heavy atom. The molecule has 0 saturated heterocycles. The summed E-state index contributed by atoms with van der Waals surface area (Å²) in [5.74, 6) is -5.87. The predicted octanol–water partition coefficient (Wildman–Crippen LogP) is 1.98. The van der Waals surface area contributed by atoms with Crippen molar-refractivity contribution in [3.8, 4) is 0 Å². The molecule has 0 spiro atoms. The molecule has 1 unspecified atom stereocenters. The zero-order valence-corrected chi connectivity index (χ0v) is 17.3. The van der Waals surface area contributed by atoms with E-state index < -0.39 is 47.5 Å². The van der Waals surface area contributed by atoms with E-state index in [2.05, 4.69) is 24.8 Å². The summed E-state index contributed by atoms with van der Waals surface area (Å²) in [5, 5.41) is 2.46. The minimum absolute atomic E-state index is 0.0645. The number of methoxy groups -OCH3 is 2. The lowest BCUT2D eigenvalue weighted by atomic mass is 9.95. The van der Waals surface area contributed by atoms with Gasteiger partial charge in [0.2, 0.25) is 0 Å². The van der Waals surface area contributed by atoms with Gasteiger partial charge in [0.25, 0.3) is 0 Å². The van der Waals surface area contributed by atoms with E-state index >= 15 is 0 Å². The number of rotatable bonds is 6. The van der Waals surface area contributed by atoms with Gasteiger partial charge in [-0.05, 0) is 12.5 Å². The van der Waals surface area contributed by atoms with Crippen LogP contribution < -0.4 is 5.32 Å². The summed E-state index contributed by atoms with van der Waals surface area (Å²) in [6, 6.07) is -1.37. The van der Waals surface area contributed by atoms with Gasteiger partial charge in [-0.25, -0.2) is 27.7 Å². The van der Waals surface area contributed by atoms with E-state index in [0.29, 0.717) is 12.1 Å². The molecule has 32 heavy (non-hydrogen) atoms. The Kier molecular flexibility index (Phi) is 7.01. The molecule has 3 rings (SSSR count). The van der Waals surface area contributed by atoms with Gasteiger partial charge >= 0.3 is 18.0 Å². The van der Waals surface area contributed by atoms with E-state index in [1.807, 2.05) is 0 Å². The first-order chi connectivity index (χ1) is 15.3. The van der Waals surface area contributed by atoms with Gasteiger partial charge in [0.05, 0.1) is 26.2 Å². The average molecular weight is 454 g/mol. The molecule has 2 amide bonds. The van der Waals surface area contributed by atoms with Crippen molar-refractivity contribution in [3.05, 3.63) is 52.9 Å². The molecule has 172 valence electrons. The van der Waals surface area contributed by atoms with Gasteiger partial charge in [0.1, 0.15) is 12.1 Å². The van der Waals surface area contributed by atoms with Crippen LogP contribution in [0.4, 0.5) is 18.0 Å². The maximum absolute atomic E-state index is 14.6. The van der Waals surface area contributed by atoms with Crippen LogP contribution in [-0.2, 0) is 25.5 Å². The summed E-state index contributed by atoms with van der Waals surface area (Å²) in [6.45, 7) is 0.0645. The molecular formula is C20H21F3N4O5. The number of aromatic nitrogens is 2. The molecule has 2 atom stereocenters. The molecule has 0 radical (unpaired) electrons. The van der Waals surface area contributed by atoms with E-state index in [4.69, 9.17) is 0 Å². The molecule has 0 fully saturated rings. The molecule has 1 aromatic heterocycles. The van der Waals surface area contributed by atoms with Gasteiger partial charge in [-0.1, -0.05) is 6.07 Å². The van der Waals surface area contributed by atoms with Crippen molar-refractivity contribution in [1.29, 1.82) is 0 Å². The number of halogens is 3. The van der Waals surface area contributed by atoms with Crippen LogP contribution in [0.2, 0.25) is 0 Å². The summed E-state index contributed by atoms with van der Waals surface area (Å²) in [6.07, 6.45) is 1.41. The smallest absolute Gasteiger partial charge is 0.328 e. The molecule has 0 saturated carbocycles. The van der Waals surface area contributed by atoms with Crippen LogP contribution in [0.3, 0.4) is 0 Å². The Labute approximate surface area is 180 Å². The Balaban J connectivity index is 1.92. The Hall–Kier alpha value is -3.57. The molecule has 9 nitrogen and oxygen atoms in total. The molecule has 2 heterocycles. The highest BCUT2D eigenvalue weighted by atomic mass is 19.2. The number of ether oxygens (including phenoxy) is 2. The SMILES string of the molecule is COC(=O)CC[C@H](NC(=O)N1CCc2[nH]cnc2C1c1ccc(F)c(F)c1F)C(=O)OC. The Bertz CT molecular complexity index is 1030. The van der Waals surface area contributed by atoms with Gasteiger partial charge in [0, 0.05) is 30.6 Å². The van der Waals surface area contributed by atoms with Crippen LogP contribution in [-0.4, -0.2) is 59.6 Å². The summed E-state index contributed by atoms with van der Waals surface area (Å²) >= 11 is 0. The van der Waals surface area contributed by atoms with E-state index in [0.717, 1.165) is 24.1 Å². The molecule has 12 heteroatoms. The van der Waals surface area contributed by atoms with Crippen molar-refractivity contribution in [3.63, 3.8) is 0 Å². The van der Waals surface area contributed by atoms with E-state index in [-0.39, 0.29) is 30.6 Å². The molecule has 1 aliphatic heterocycles. The second-order valence-electron chi connectivity index (χ2n) is 7.02. The zero-order chi connectivity index (χ0) is 23.4. The number of aromatic amines is 1. The van der Waals surface area contributed by atoms with Crippen molar-refractivity contribution < 1.29 is 37.0 Å². The molecule has 2 aromatic rings. The number of hydrogen-bond acceptors (Lipinski definition) is 6. The number of esters is 2. The van der Waals surface area contributed by atoms with Crippen LogP contribution in [0, 0.1) is 17.5 Å². The Morgan fingerprint density at radius 1 is 1.22 bits per heavy atom. The third kappa shape index (κ3) is 4.53. The zero-order valence-electron chi connectivity index (χ0n) is 17.3. The lowest BCUT2D eigenvalue weighted by Crippen LogP contribution is -2.51. The number of nitrogens with one attached hydrogen (secondary N) is 2. The first-order valence-corrected chi connectivity index (χ1v) is 9.65. The van der Waals surface area contributed by atoms with Crippen molar-refractivity contribution in [2.24, 2.45) is 0 Å². The van der Waals surface area contributed by atoms with Crippen molar-refractivity contribution in [1.82, 2.24) is 20.2 Å². The summed E-state index contributed by atoms with van der Waals surface area (Å²) < 4.78 is 51.3. The maximum atomic E-state index is 14.6. The monoisotopic (exact) mass is 454 g/mol. The number of urea groups is 1. The van der Waals surface area contributed by atoms with Gasteiger partial charge in [-0.2, -0.15) is 0 Å². The molecule has 0 bridgehead atoms. The first kappa shape index (κ1) is 23.1. The third-order valence-corrected chi connectivity index (χ3v) is 5.19. The largest absolute Gasteiger partial charge is 0.469 e. The van der Waals surface area contributed by atoms with E-state index in [1.165, 1.54) is 13.4 Å². The number of nitrogens with zero attached hydrogens (tertiary/aromatic N) is 2. The number of hydrogen-bond donors (Lipinski definition) is 2. The van der Waals surface area contributed by atoms with Crippen molar-refractivity contribution >= 4 is 18.0 Å². The molecule has 1 aliphatic rings. The van der Waals surface area contributed by atoms with Crippen molar-refractivity contribution in [2.75, 3.05) is 20.8 Å². The molecular weight excluding hydrogens is 433 g/mol. The highest BCUT2D eigenvalue weighted by Crippen LogP contribution is 2.35. The predicted molar refractivity (Wildman–Crippen MR) is 103 cm³/mol. The lowest BCUT2D eigenvalue weighted by Gasteiger charge is -2.36. The number of benzene rings is 1. The van der Waals surface area contributed by atoms with Crippen LogP contribution in [0.15, 0.2) is 18.5 Å². The number of fused-ring (bicyclic) bond motifs is 1. The van der Waals surface area contributed by atoms with Gasteiger partial charge < -0.3 is 24.7 Å². The van der Waals surface area contributed by atoms with E-state index in [1.54, 1.807) is 0 Å². The van der Waals surface area contributed by atoms with Crippen molar-refractivity contribution in [2.45, 2.75) is 31.3 Å². The minimum Gasteiger partial charge on any atom is -0.469 e. The second-order valence-corrected chi connectivity index (χ2v) is 7.02. The van der Waals surface area contributed by atoms with Gasteiger partial charge in [-0.15, -0.1) is 0 Å². The Morgan fingerprint density at radius 2 is 1.97 bits per heavy atom. The van der Waals surface area contributed by atoms with Crippen LogP contribution in [0.5, 0.6) is 0 Å². The fraction of sp³-hybridized carbons (Fsp3) is 0.400. The van der Waals surface area contributed by atoms with Crippen LogP contribution >= 0.6 is 0 Å². The summed E-state index contributed by atoms with van der Waals surface area (Å²) in [7, 11) is 2.31. The topological polar surface area (TPSA) is 114 Å². The number of carbonyl (C=O) groups is 3. The molecule has 2 N–H and O–H groups in total. The highest BCUT2D eigenvalue weighted by molar-refractivity contribution is 5.84. The van der Waals surface area contributed by atoms with Gasteiger partial charge in [0.15, 0.2) is 17.5 Å². The highest BCUT2D eigenvalue weighted by Gasteiger charge is 2.38. The fourth-order valence-electron chi connectivity index (χ4n) is 3.55. The molecule has 0 aliphatic carbocycles. The standard InChI is InChI=1S/C20H21F3N4O5/c1-31-14(28)6-5-13(19(29)32-2)26-20(30)27-8-7-12-17(25-9-24-12)18(27)10-3-4-11(21)16(23)15(10)22/h3-4,9,13,18H,5-8H2,1-2H3,(H,24,25)(H,26,30)/t13-,18?/m0/s1. The number of H-pyrrole nitrogens is 1. The summed E-state index contributed by atoms with van der Waals surface area (Å²) in [4.78, 5) is 44.8. The van der Waals surface area contributed by atoms with Gasteiger partial charge in [-0.3, -0.25) is 4.79 Å². The third-order valence-electron chi connectivity index (χ3n) is 5.19. The molecule has 1 aromatic carbocycles. The number of amides is 2. The quantitative estimate of drug-likeness (QED) is 0.510. The normalized spacial score (nSPS) is 16.2. The van der Waals surface area contributed by atoms with E-state index in [9.17, 15) is 27.6 Å². The number of imidazole rings is 1.